The number of esters is 1. The predicted octanol–water partition coefficient (Wildman–Crippen LogP) is 2.89. The fraction of sp³-hybridized carbons (Fsp3) is 0.273. The average Bonchev–Trinajstić information content (AvgIpc) is 3.21. The van der Waals surface area contributed by atoms with Gasteiger partial charge in [0.25, 0.3) is 11.5 Å². The van der Waals surface area contributed by atoms with Gasteiger partial charge in [-0.3, -0.25) is 9.59 Å². The van der Waals surface area contributed by atoms with E-state index in [-0.39, 0.29) is 24.1 Å². The van der Waals surface area contributed by atoms with E-state index in [9.17, 15) is 14.4 Å². The molecule has 160 valence electrons. The molecule has 2 heterocycles. The zero-order valence-corrected chi connectivity index (χ0v) is 17.2. The Morgan fingerprint density at radius 2 is 1.77 bits per heavy atom. The first-order valence-corrected chi connectivity index (χ1v) is 9.78. The van der Waals surface area contributed by atoms with Gasteiger partial charge in [-0.1, -0.05) is 18.2 Å². The van der Waals surface area contributed by atoms with Crippen LogP contribution in [0.5, 0.6) is 11.5 Å². The van der Waals surface area contributed by atoms with Gasteiger partial charge in [-0.25, -0.2) is 9.48 Å². The number of fused-ring (bicyclic) bond motifs is 2. The molecule has 1 atom stereocenters. The van der Waals surface area contributed by atoms with E-state index in [4.69, 9.17) is 14.2 Å². The quantitative estimate of drug-likeness (QED) is 0.629. The number of carbonyl (C=O) groups is 2. The van der Waals surface area contributed by atoms with E-state index < -0.39 is 18.0 Å². The summed E-state index contributed by atoms with van der Waals surface area (Å²) in [6.07, 6.45) is -1.10. The van der Waals surface area contributed by atoms with Gasteiger partial charge in [-0.15, -0.1) is 0 Å². The van der Waals surface area contributed by atoms with Gasteiger partial charge >= 0.3 is 5.97 Å². The van der Waals surface area contributed by atoms with Crippen molar-refractivity contribution in [2.45, 2.75) is 32.9 Å². The van der Waals surface area contributed by atoms with Crippen molar-refractivity contribution in [3.63, 3.8) is 0 Å². The smallest absolute Gasteiger partial charge is 0.360 e. The van der Waals surface area contributed by atoms with E-state index in [1.54, 1.807) is 56.3 Å². The van der Waals surface area contributed by atoms with E-state index in [1.807, 2.05) is 0 Å². The highest BCUT2D eigenvalue weighted by molar-refractivity contribution is 6.03. The minimum Gasteiger partial charge on any atom is -0.454 e. The molecule has 0 bridgehead atoms. The molecule has 3 aromatic rings. The number of rotatable bonds is 5. The van der Waals surface area contributed by atoms with Crippen molar-refractivity contribution in [1.29, 1.82) is 0 Å². The molecule has 1 amide bonds. The van der Waals surface area contributed by atoms with Gasteiger partial charge in [0.1, 0.15) is 0 Å². The van der Waals surface area contributed by atoms with Crippen molar-refractivity contribution in [2.75, 3.05) is 12.1 Å². The maximum atomic E-state index is 12.8. The van der Waals surface area contributed by atoms with Crippen LogP contribution in [0.15, 0.2) is 47.3 Å². The molecular weight excluding hydrogens is 402 g/mol. The fourth-order valence-corrected chi connectivity index (χ4v) is 3.20. The molecule has 1 aliphatic heterocycles. The summed E-state index contributed by atoms with van der Waals surface area (Å²) in [6.45, 7) is 5.17. The van der Waals surface area contributed by atoms with E-state index in [1.165, 1.54) is 11.6 Å². The van der Waals surface area contributed by atoms with Crippen molar-refractivity contribution < 1.29 is 23.8 Å². The van der Waals surface area contributed by atoms with Gasteiger partial charge < -0.3 is 19.5 Å². The third-order valence-electron chi connectivity index (χ3n) is 4.80. The summed E-state index contributed by atoms with van der Waals surface area (Å²) < 4.78 is 17.1. The lowest BCUT2D eigenvalue weighted by molar-refractivity contribution is -0.123. The number of aromatic nitrogens is 2. The number of nitrogens with zero attached hydrogens (tertiary/aromatic N) is 2. The average molecular weight is 423 g/mol. The Morgan fingerprint density at radius 1 is 1.06 bits per heavy atom. The molecule has 9 heteroatoms. The minimum atomic E-state index is -1.10. The molecule has 31 heavy (non-hydrogen) atoms. The van der Waals surface area contributed by atoms with Crippen molar-refractivity contribution >= 4 is 28.3 Å². The Morgan fingerprint density at radius 3 is 2.52 bits per heavy atom. The number of nitrogens with one attached hydrogen (secondary N) is 1. The molecule has 4 rings (SSSR count). The summed E-state index contributed by atoms with van der Waals surface area (Å²) in [4.78, 5) is 38.0. The molecule has 0 spiro atoms. The number of amides is 1. The molecule has 0 saturated carbocycles. The summed E-state index contributed by atoms with van der Waals surface area (Å²) in [6, 6.07) is 11.4. The minimum absolute atomic E-state index is 0.0216. The molecule has 1 N–H and O–H groups in total. The summed E-state index contributed by atoms with van der Waals surface area (Å²) in [5.74, 6) is -0.197. The Hall–Kier alpha value is -3.88. The molecule has 0 radical (unpaired) electrons. The fourth-order valence-electron chi connectivity index (χ4n) is 3.20. The number of benzene rings is 2. The van der Waals surface area contributed by atoms with Gasteiger partial charge in [-0.2, -0.15) is 5.10 Å². The molecule has 0 aliphatic carbocycles. The van der Waals surface area contributed by atoms with Crippen LogP contribution in [0.25, 0.3) is 10.8 Å². The zero-order chi connectivity index (χ0) is 22.1. The second-order valence-corrected chi connectivity index (χ2v) is 7.34. The number of hydrogen-bond donors (Lipinski definition) is 1. The lowest BCUT2D eigenvalue weighted by Crippen LogP contribution is -2.32. The molecule has 2 aromatic carbocycles. The Bertz CT molecular complexity index is 1230. The maximum absolute atomic E-state index is 12.8. The van der Waals surface area contributed by atoms with Gasteiger partial charge in [0, 0.05) is 17.1 Å². The van der Waals surface area contributed by atoms with Crippen LogP contribution < -0.4 is 20.3 Å². The number of anilines is 1. The molecule has 0 saturated heterocycles. The maximum Gasteiger partial charge on any atom is 0.360 e. The largest absolute Gasteiger partial charge is 0.454 e. The van der Waals surface area contributed by atoms with Crippen LogP contribution in [-0.4, -0.2) is 34.6 Å². The first-order chi connectivity index (χ1) is 14.8. The third-order valence-corrected chi connectivity index (χ3v) is 4.80. The van der Waals surface area contributed by atoms with Crippen LogP contribution in [0.1, 0.15) is 37.3 Å². The van der Waals surface area contributed by atoms with Crippen LogP contribution in [0.2, 0.25) is 0 Å². The van der Waals surface area contributed by atoms with Crippen LogP contribution in [0.4, 0.5) is 5.69 Å². The summed E-state index contributed by atoms with van der Waals surface area (Å²) in [5.41, 5.74) is 0.163. The van der Waals surface area contributed by atoms with Crippen molar-refractivity contribution in [1.82, 2.24) is 9.78 Å². The van der Waals surface area contributed by atoms with E-state index in [0.29, 0.717) is 28.0 Å². The van der Waals surface area contributed by atoms with Gasteiger partial charge in [0.05, 0.1) is 11.4 Å². The summed E-state index contributed by atoms with van der Waals surface area (Å²) >= 11 is 0. The molecular formula is C22H21N3O6. The second-order valence-electron chi connectivity index (χ2n) is 7.34. The first kappa shape index (κ1) is 20.4. The van der Waals surface area contributed by atoms with Crippen molar-refractivity contribution in [3.8, 4) is 11.5 Å². The van der Waals surface area contributed by atoms with Crippen molar-refractivity contribution in [3.05, 3.63) is 58.5 Å². The SMILES string of the molecule is CC(C)n1nc(C(=O)O[C@@H](C)C(=O)Nc2ccc3c(c2)OCO3)c2ccccc2c1=O. The van der Waals surface area contributed by atoms with Gasteiger partial charge in [-0.05, 0) is 39.0 Å². The van der Waals surface area contributed by atoms with Crippen LogP contribution in [0.3, 0.4) is 0 Å². The first-order valence-electron chi connectivity index (χ1n) is 9.78. The Balaban J connectivity index is 1.55. The highest BCUT2D eigenvalue weighted by atomic mass is 16.7. The van der Waals surface area contributed by atoms with Crippen LogP contribution in [0, 0.1) is 0 Å². The van der Waals surface area contributed by atoms with Crippen LogP contribution >= 0.6 is 0 Å². The number of carbonyl (C=O) groups excluding carboxylic acids is 2. The molecule has 1 aromatic heterocycles. The molecule has 0 unspecified atom stereocenters. The van der Waals surface area contributed by atoms with E-state index >= 15 is 0 Å². The Kier molecular flexibility index (Phi) is 5.33. The molecule has 9 nitrogen and oxygen atoms in total. The topological polar surface area (TPSA) is 109 Å². The second kappa shape index (κ2) is 8.10. The Labute approximate surface area is 177 Å². The number of hydrogen-bond acceptors (Lipinski definition) is 7. The highest BCUT2D eigenvalue weighted by Crippen LogP contribution is 2.34. The highest BCUT2D eigenvalue weighted by Gasteiger charge is 2.24. The van der Waals surface area contributed by atoms with E-state index in [0.717, 1.165) is 0 Å². The zero-order valence-electron chi connectivity index (χ0n) is 17.2. The van der Waals surface area contributed by atoms with Crippen LogP contribution in [-0.2, 0) is 9.53 Å². The normalized spacial score (nSPS) is 13.3. The van der Waals surface area contributed by atoms with Gasteiger partial charge in [0.15, 0.2) is 23.3 Å². The third kappa shape index (κ3) is 3.94. The molecule has 1 aliphatic rings. The van der Waals surface area contributed by atoms with E-state index in [2.05, 4.69) is 10.4 Å². The summed E-state index contributed by atoms with van der Waals surface area (Å²) in [7, 11) is 0. The predicted molar refractivity (Wildman–Crippen MR) is 112 cm³/mol. The number of ether oxygens (including phenoxy) is 3. The van der Waals surface area contributed by atoms with Crippen molar-refractivity contribution in [2.24, 2.45) is 0 Å². The monoisotopic (exact) mass is 423 g/mol. The summed E-state index contributed by atoms with van der Waals surface area (Å²) in [5, 5.41) is 7.61. The lowest BCUT2D eigenvalue weighted by Gasteiger charge is -2.16. The lowest BCUT2D eigenvalue weighted by atomic mass is 10.1. The molecule has 0 fully saturated rings. The standard InChI is InChI=1S/C22H21N3O6/c1-12(2)25-21(27)16-7-5-4-6-15(16)19(24-25)22(28)31-13(3)20(26)23-14-8-9-17-18(10-14)30-11-29-17/h4-10,12-13H,11H2,1-3H3,(H,23,26)/t13-/m0/s1. The van der Waals surface area contributed by atoms with Gasteiger partial charge in [0.2, 0.25) is 6.79 Å².